The van der Waals surface area contributed by atoms with Crippen molar-refractivity contribution in [2.75, 3.05) is 23.8 Å². The maximum absolute atomic E-state index is 13.8. The Morgan fingerprint density at radius 1 is 1.13 bits per heavy atom. The van der Waals surface area contributed by atoms with Gasteiger partial charge in [-0.05, 0) is 54.4 Å². The number of nitrogens with zero attached hydrogens (tertiary/aromatic N) is 2. The van der Waals surface area contributed by atoms with Crippen LogP contribution in [0.1, 0.15) is 44.3 Å². The molecule has 1 aromatic heterocycles. The molecule has 1 atom stereocenters. The highest BCUT2D eigenvalue weighted by molar-refractivity contribution is 7.09. The lowest BCUT2D eigenvalue weighted by Gasteiger charge is -2.31. The minimum Gasteiger partial charge on any atom is -0.465 e. The first-order valence-corrected chi connectivity index (χ1v) is 11.9. The SMILES string of the molecule is CCOC(=O)CNC(=O)C(c1ccc(F)cc1)N(C(=O)c1snc(C(N)=O)c1N)c1cccc(C(F)(F)F)c1. The summed E-state index contributed by atoms with van der Waals surface area (Å²) >= 11 is 0.442. The van der Waals surface area contributed by atoms with Gasteiger partial charge < -0.3 is 21.5 Å². The first-order chi connectivity index (χ1) is 18.3. The van der Waals surface area contributed by atoms with E-state index in [2.05, 4.69) is 9.69 Å². The van der Waals surface area contributed by atoms with Crippen molar-refractivity contribution in [1.29, 1.82) is 0 Å². The Balaban J connectivity index is 2.22. The van der Waals surface area contributed by atoms with E-state index in [1.54, 1.807) is 0 Å². The van der Waals surface area contributed by atoms with Gasteiger partial charge in [-0.25, -0.2) is 4.39 Å². The fourth-order valence-corrected chi connectivity index (χ4v) is 4.23. The molecule has 0 aliphatic carbocycles. The van der Waals surface area contributed by atoms with Crippen molar-refractivity contribution in [1.82, 2.24) is 9.69 Å². The van der Waals surface area contributed by atoms with E-state index < -0.39 is 75.8 Å². The fraction of sp³-hybridized carbons (Fsp3) is 0.208. The van der Waals surface area contributed by atoms with Crippen LogP contribution in [0.15, 0.2) is 48.5 Å². The van der Waals surface area contributed by atoms with Gasteiger partial charge in [0.1, 0.15) is 23.3 Å². The van der Waals surface area contributed by atoms with E-state index >= 15 is 0 Å². The summed E-state index contributed by atoms with van der Waals surface area (Å²) in [6.45, 7) is 0.913. The minimum absolute atomic E-state index is 0.0117. The largest absolute Gasteiger partial charge is 0.465 e. The summed E-state index contributed by atoms with van der Waals surface area (Å²) in [5.41, 5.74) is 8.66. The lowest BCUT2D eigenvalue weighted by atomic mass is 10.0. The third-order valence-corrected chi connectivity index (χ3v) is 6.08. The van der Waals surface area contributed by atoms with E-state index in [4.69, 9.17) is 16.2 Å². The molecule has 0 radical (unpaired) electrons. The summed E-state index contributed by atoms with van der Waals surface area (Å²) in [7, 11) is 0. The predicted molar refractivity (Wildman–Crippen MR) is 132 cm³/mol. The molecule has 0 saturated carbocycles. The van der Waals surface area contributed by atoms with Crippen molar-refractivity contribution >= 4 is 46.6 Å². The van der Waals surface area contributed by atoms with Crippen LogP contribution in [0.3, 0.4) is 0 Å². The molecule has 3 aromatic rings. The molecule has 3 rings (SSSR count). The molecule has 5 N–H and O–H groups in total. The molecule has 0 aliphatic rings. The topological polar surface area (TPSA) is 158 Å². The standard InChI is InChI=1S/C24H21F4N5O5S/c1-2-38-16(34)11-31-22(36)19(12-6-8-14(25)9-7-12)33(15-5-3-4-13(10-15)24(26,27)28)23(37)20-17(29)18(21(30)35)32-39-20/h3-10,19H,2,11,29H2,1H3,(H2,30,35)(H,31,36). The van der Waals surface area contributed by atoms with Gasteiger partial charge in [0.05, 0.1) is 17.9 Å². The van der Waals surface area contributed by atoms with Crippen LogP contribution in [-0.2, 0) is 20.5 Å². The van der Waals surface area contributed by atoms with Gasteiger partial charge in [-0.1, -0.05) is 18.2 Å². The molecular formula is C24H21F4N5O5S. The van der Waals surface area contributed by atoms with Gasteiger partial charge in [0.2, 0.25) is 5.91 Å². The van der Waals surface area contributed by atoms with Gasteiger partial charge in [0.25, 0.3) is 11.8 Å². The van der Waals surface area contributed by atoms with E-state index in [9.17, 15) is 36.7 Å². The Bertz CT molecular complexity index is 1390. The van der Waals surface area contributed by atoms with E-state index in [0.29, 0.717) is 22.5 Å². The van der Waals surface area contributed by atoms with Gasteiger partial charge in [0, 0.05) is 5.69 Å². The average molecular weight is 568 g/mol. The van der Waals surface area contributed by atoms with Crippen molar-refractivity contribution in [2.45, 2.75) is 19.1 Å². The molecule has 0 bridgehead atoms. The molecule has 10 nitrogen and oxygen atoms in total. The minimum atomic E-state index is -4.81. The van der Waals surface area contributed by atoms with Crippen LogP contribution in [0.2, 0.25) is 0 Å². The monoisotopic (exact) mass is 567 g/mol. The number of rotatable bonds is 9. The second-order valence-electron chi connectivity index (χ2n) is 7.84. The number of primary amides is 1. The average Bonchev–Trinajstić information content (AvgIpc) is 3.27. The number of alkyl halides is 3. The summed E-state index contributed by atoms with van der Waals surface area (Å²) in [6, 6.07) is 6.02. The molecule has 15 heteroatoms. The van der Waals surface area contributed by atoms with E-state index in [-0.39, 0.29) is 12.2 Å². The second-order valence-corrected chi connectivity index (χ2v) is 8.61. The lowest BCUT2D eigenvalue weighted by molar-refractivity contribution is -0.143. The number of nitrogens with one attached hydrogen (secondary N) is 1. The molecule has 0 aliphatic heterocycles. The van der Waals surface area contributed by atoms with Gasteiger partial charge >= 0.3 is 12.1 Å². The number of nitrogen functional groups attached to an aromatic ring is 1. The normalized spacial score (nSPS) is 11.9. The Morgan fingerprint density at radius 3 is 2.36 bits per heavy atom. The van der Waals surface area contributed by atoms with Crippen LogP contribution in [0.25, 0.3) is 0 Å². The number of aromatic nitrogens is 1. The zero-order valence-electron chi connectivity index (χ0n) is 20.1. The van der Waals surface area contributed by atoms with Crippen molar-refractivity contribution < 1.29 is 41.5 Å². The smallest absolute Gasteiger partial charge is 0.416 e. The third kappa shape index (κ3) is 6.67. The fourth-order valence-electron chi connectivity index (χ4n) is 3.48. The molecule has 0 saturated heterocycles. The third-order valence-electron chi connectivity index (χ3n) is 5.23. The Hall–Kier alpha value is -4.53. The first-order valence-electron chi connectivity index (χ1n) is 11.1. The quantitative estimate of drug-likeness (QED) is 0.265. The summed E-state index contributed by atoms with van der Waals surface area (Å²) in [5.74, 6) is -4.70. The van der Waals surface area contributed by atoms with Crippen molar-refractivity contribution in [3.63, 3.8) is 0 Å². The van der Waals surface area contributed by atoms with Crippen molar-refractivity contribution in [2.24, 2.45) is 5.73 Å². The number of benzene rings is 2. The van der Waals surface area contributed by atoms with Gasteiger partial charge in [-0.15, -0.1) is 0 Å². The Morgan fingerprint density at radius 2 is 1.79 bits per heavy atom. The number of carbonyl (C=O) groups is 4. The highest BCUT2D eigenvalue weighted by Crippen LogP contribution is 2.37. The number of nitrogens with two attached hydrogens (primary N) is 2. The molecule has 0 spiro atoms. The molecule has 206 valence electrons. The number of ether oxygens (including phenoxy) is 1. The number of hydrogen-bond donors (Lipinski definition) is 3. The molecule has 3 amide bonds. The number of esters is 1. The molecule has 2 aromatic carbocycles. The van der Waals surface area contributed by atoms with Crippen LogP contribution in [0, 0.1) is 5.82 Å². The van der Waals surface area contributed by atoms with Crippen molar-refractivity contribution in [3.05, 3.63) is 76.0 Å². The lowest BCUT2D eigenvalue weighted by Crippen LogP contribution is -2.45. The number of amides is 3. The molecule has 0 fully saturated rings. The van der Waals surface area contributed by atoms with Crippen LogP contribution < -0.4 is 21.7 Å². The van der Waals surface area contributed by atoms with Crippen molar-refractivity contribution in [3.8, 4) is 0 Å². The van der Waals surface area contributed by atoms with E-state index in [0.717, 1.165) is 42.5 Å². The Labute approximate surface area is 222 Å². The second kappa shape index (κ2) is 11.9. The summed E-state index contributed by atoms with van der Waals surface area (Å²) < 4.78 is 62.9. The van der Waals surface area contributed by atoms with Crippen LogP contribution >= 0.6 is 11.5 Å². The molecule has 1 heterocycles. The van der Waals surface area contributed by atoms with Crippen LogP contribution in [-0.4, -0.2) is 41.2 Å². The Kier molecular flexibility index (Phi) is 8.85. The molecular weight excluding hydrogens is 546 g/mol. The number of carbonyl (C=O) groups excluding carboxylic acids is 4. The maximum atomic E-state index is 13.8. The number of anilines is 2. The maximum Gasteiger partial charge on any atom is 0.416 e. The predicted octanol–water partition coefficient (Wildman–Crippen LogP) is 3.05. The van der Waals surface area contributed by atoms with Gasteiger partial charge in [-0.2, -0.15) is 17.5 Å². The molecule has 39 heavy (non-hydrogen) atoms. The highest BCUT2D eigenvalue weighted by Gasteiger charge is 2.38. The zero-order valence-corrected chi connectivity index (χ0v) is 20.9. The number of halogens is 4. The highest BCUT2D eigenvalue weighted by atomic mass is 32.1. The summed E-state index contributed by atoms with van der Waals surface area (Å²) in [4.78, 5) is 51.0. The summed E-state index contributed by atoms with van der Waals surface area (Å²) in [6.07, 6.45) is -4.81. The van der Waals surface area contributed by atoms with E-state index in [1.807, 2.05) is 0 Å². The summed E-state index contributed by atoms with van der Waals surface area (Å²) in [5, 5.41) is 2.28. The number of hydrogen-bond acceptors (Lipinski definition) is 8. The van der Waals surface area contributed by atoms with E-state index in [1.165, 1.54) is 6.92 Å². The molecule has 1 unspecified atom stereocenters. The zero-order chi connectivity index (χ0) is 28.9. The van der Waals surface area contributed by atoms with Gasteiger partial charge in [-0.3, -0.25) is 24.1 Å². The van der Waals surface area contributed by atoms with Gasteiger partial charge in [0.15, 0.2) is 5.69 Å². The van der Waals surface area contributed by atoms with Crippen LogP contribution in [0.4, 0.5) is 28.9 Å². The first kappa shape index (κ1) is 29.0. The van der Waals surface area contributed by atoms with Crippen LogP contribution in [0.5, 0.6) is 0 Å².